The van der Waals surface area contributed by atoms with Gasteiger partial charge in [0.25, 0.3) is 0 Å². The third kappa shape index (κ3) is 2.05. The van der Waals surface area contributed by atoms with Crippen molar-refractivity contribution in [2.24, 2.45) is 0 Å². The van der Waals surface area contributed by atoms with E-state index in [1.165, 1.54) is 17.4 Å². The molecular formula is C11H7BrFNOS. The van der Waals surface area contributed by atoms with Crippen LogP contribution in [0.2, 0.25) is 0 Å². The smallest absolute Gasteiger partial charge is 0.178 e. The largest absolute Gasteiger partial charge is 0.295 e. The van der Waals surface area contributed by atoms with Crippen molar-refractivity contribution in [2.75, 3.05) is 0 Å². The quantitative estimate of drug-likeness (QED) is 0.789. The molecule has 0 saturated heterocycles. The van der Waals surface area contributed by atoms with Gasteiger partial charge in [-0.3, -0.25) is 4.79 Å². The van der Waals surface area contributed by atoms with Crippen molar-refractivity contribution >= 4 is 33.6 Å². The molecule has 2 aromatic rings. The lowest BCUT2D eigenvalue weighted by Gasteiger charge is -2.01. The van der Waals surface area contributed by atoms with E-state index in [0.29, 0.717) is 22.6 Å². The van der Waals surface area contributed by atoms with Crippen molar-refractivity contribution in [1.29, 1.82) is 0 Å². The van der Waals surface area contributed by atoms with Gasteiger partial charge in [0.15, 0.2) is 11.3 Å². The maximum Gasteiger partial charge on any atom is 0.178 e. The van der Waals surface area contributed by atoms with Gasteiger partial charge in [-0.05, 0) is 25.1 Å². The van der Waals surface area contributed by atoms with Crippen molar-refractivity contribution in [1.82, 2.24) is 4.98 Å². The Hall–Kier alpha value is -1.07. The molecule has 5 heteroatoms. The summed E-state index contributed by atoms with van der Waals surface area (Å²) in [6.07, 6.45) is 0.678. The fraction of sp³-hybridized carbons (Fsp3) is 0.0909. The van der Waals surface area contributed by atoms with Crippen LogP contribution in [-0.2, 0) is 0 Å². The summed E-state index contributed by atoms with van der Waals surface area (Å²) in [6, 6.07) is 4.66. The summed E-state index contributed by atoms with van der Waals surface area (Å²) < 4.78 is 14.4. The fourth-order valence-electron chi connectivity index (χ4n) is 1.40. The molecule has 1 heterocycles. The van der Waals surface area contributed by atoms with E-state index < -0.39 is 0 Å². The number of carbonyl (C=O) groups is 1. The molecule has 0 aliphatic rings. The average molecular weight is 300 g/mol. The van der Waals surface area contributed by atoms with Crippen molar-refractivity contribution in [3.8, 4) is 11.3 Å². The van der Waals surface area contributed by atoms with Crippen molar-refractivity contribution in [2.45, 2.75) is 6.92 Å². The van der Waals surface area contributed by atoms with Crippen LogP contribution in [0.4, 0.5) is 4.39 Å². The Morgan fingerprint density at radius 2 is 2.25 bits per heavy atom. The highest BCUT2D eigenvalue weighted by molar-refractivity contribution is 9.10. The zero-order chi connectivity index (χ0) is 11.7. The molecule has 0 N–H and O–H groups in total. The topological polar surface area (TPSA) is 30.0 Å². The average Bonchev–Trinajstić information content (AvgIpc) is 2.63. The number of nitrogens with zero attached hydrogens (tertiary/aromatic N) is 1. The molecule has 0 aliphatic heterocycles. The molecule has 0 saturated carbocycles. The fourth-order valence-corrected chi connectivity index (χ4v) is 2.51. The lowest BCUT2D eigenvalue weighted by molar-refractivity contribution is 0.112. The van der Waals surface area contributed by atoms with Gasteiger partial charge in [-0.25, -0.2) is 9.37 Å². The predicted octanol–water partition coefficient (Wildman–Crippen LogP) is 3.83. The number of rotatable bonds is 2. The summed E-state index contributed by atoms with van der Waals surface area (Å²) in [6.45, 7) is 1.82. The Balaban J connectivity index is 2.61. The summed E-state index contributed by atoms with van der Waals surface area (Å²) in [5.74, 6) is -0.339. The van der Waals surface area contributed by atoms with Crippen LogP contribution >= 0.6 is 27.3 Å². The van der Waals surface area contributed by atoms with Gasteiger partial charge in [-0.2, -0.15) is 0 Å². The molecule has 0 bridgehead atoms. The number of aldehydes is 1. The summed E-state index contributed by atoms with van der Waals surface area (Å²) in [5, 5.41) is 0.367. The first kappa shape index (κ1) is 11.4. The molecule has 0 radical (unpaired) electrons. The summed E-state index contributed by atoms with van der Waals surface area (Å²) in [7, 11) is 0. The monoisotopic (exact) mass is 299 g/mol. The third-order valence-electron chi connectivity index (χ3n) is 2.10. The Labute approximate surface area is 104 Å². The molecule has 0 aliphatic carbocycles. The zero-order valence-electron chi connectivity index (χ0n) is 8.33. The van der Waals surface area contributed by atoms with Crippen LogP contribution in [0.25, 0.3) is 11.3 Å². The number of hydrogen-bond donors (Lipinski definition) is 0. The molecule has 0 unspecified atom stereocenters. The number of aromatic nitrogens is 1. The van der Waals surface area contributed by atoms with Crippen molar-refractivity contribution < 1.29 is 9.18 Å². The van der Waals surface area contributed by atoms with E-state index in [-0.39, 0.29) is 5.82 Å². The Morgan fingerprint density at radius 3 is 2.88 bits per heavy atom. The van der Waals surface area contributed by atoms with Crippen LogP contribution in [0, 0.1) is 12.7 Å². The summed E-state index contributed by atoms with van der Waals surface area (Å²) in [4.78, 5) is 15.5. The van der Waals surface area contributed by atoms with E-state index in [4.69, 9.17) is 0 Å². The molecule has 2 rings (SSSR count). The summed E-state index contributed by atoms with van der Waals surface area (Å²) >= 11 is 4.54. The molecule has 82 valence electrons. The van der Waals surface area contributed by atoms with Crippen molar-refractivity contribution in [3.63, 3.8) is 0 Å². The summed E-state index contributed by atoms with van der Waals surface area (Å²) in [5.41, 5.74) is 0.946. The molecule has 0 fully saturated rings. The molecule has 2 nitrogen and oxygen atoms in total. The maximum atomic E-state index is 13.6. The lowest BCUT2D eigenvalue weighted by atomic mass is 10.1. The minimum absolute atomic E-state index is 0.339. The second-order valence-corrected chi connectivity index (χ2v) is 5.35. The minimum atomic E-state index is -0.339. The Bertz CT molecular complexity index is 553. The number of halogens is 2. The van der Waals surface area contributed by atoms with Gasteiger partial charge < -0.3 is 0 Å². The van der Waals surface area contributed by atoms with E-state index in [1.807, 2.05) is 6.92 Å². The van der Waals surface area contributed by atoms with E-state index in [2.05, 4.69) is 20.9 Å². The molecule has 0 amide bonds. The van der Waals surface area contributed by atoms with Crippen LogP contribution in [0.3, 0.4) is 0 Å². The standard InChI is InChI=1S/C11H7BrFNOS/c1-6-11(14-10(5-15)16-6)8-4-7(12)2-3-9(8)13/h2-5H,1H3. The van der Waals surface area contributed by atoms with Gasteiger partial charge >= 0.3 is 0 Å². The maximum absolute atomic E-state index is 13.6. The van der Waals surface area contributed by atoms with Gasteiger partial charge in [0.1, 0.15) is 5.82 Å². The Kier molecular flexibility index (Phi) is 3.16. The van der Waals surface area contributed by atoms with Gasteiger partial charge in [0.2, 0.25) is 0 Å². The predicted molar refractivity (Wildman–Crippen MR) is 65.3 cm³/mol. The normalized spacial score (nSPS) is 10.4. The van der Waals surface area contributed by atoms with Crippen LogP contribution in [0.15, 0.2) is 22.7 Å². The van der Waals surface area contributed by atoms with Crippen LogP contribution in [0.5, 0.6) is 0 Å². The first-order chi connectivity index (χ1) is 7.61. The molecule has 0 spiro atoms. The SMILES string of the molecule is Cc1sc(C=O)nc1-c1cc(Br)ccc1F. The highest BCUT2D eigenvalue weighted by Crippen LogP contribution is 2.30. The van der Waals surface area contributed by atoms with E-state index in [9.17, 15) is 9.18 Å². The van der Waals surface area contributed by atoms with E-state index in [1.54, 1.807) is 12.1 Å². The molecule has 1 aromatic heterocycles. The number of aryl methyl sites for hydroxylation is 1. The van der Waals surface area contributed by atoms with Gasteiger partial charge in [0.05, 0.1) is 5.69 Å². The Morgan fingerprint density at radius 1 is 1.50 bits per heavy atom. The van der Waals surface area contributed by atoms with Crippen LogP contribution in [-0.4, -0.2) is 11.3 Å². The van der Waals surface area contributed by atoms with Gasteiger partial charge in [-0.1, -0.05) is 15.9 Å². The highest BCUT2D eigenvalue weighted by atomic mass is 79.9. The third-order valence-corrected chi connectivity index (χ3v) is 3.49. The lowest BCUT2D eigenvalue weighted by Crippen LogP contribution is -1.87. The molecule has 16 heavy (non-hydrogen) atoms. The first-order valence-electron chi connectivity index (χ1n) is 4.50. The van der Waals surface area contributed by atoms with Crippen LogP contribution in [0.1, 0.15) is 14.7 Å². The van der Waals surface area contributed by atoms with Crippen molar-refractivity contribution in [3.05, 3.63) is 38.4 Å². The number of benzene rings is 1. The number of carbonyl (C=O) groups excluding carboxylic acids is 1. The molecule has 0 atom stereocenters. The second kappa shape index (κ2) is 4.43. The van der Waals surface area contributed by atoms with Crippen LogP contribution < -0.4 is 0 Å². The second-order valence-electron chi connectivity index (χ2n) is 3.20. The zero-order valence-corrected chi connectivity index (χ0v) is 10.7. The minimum Gasteiger partial charge on any atom is -0.295 e. The van der Waals surface area contributed by atoms with Gasteiger partial charge in [0, 0.05) is 14.9 Å². The first-order valence-corrected chi connectivity index (χ1v) is 6.11. The number of hydrogen-bond acceptors (Lipinski definition) is 3. The highest BCUT2D eigenvalue weighted by Gasteiger charge is 2.13. The van der Waals surface area contributed by atoms with E-state index >= 15 is 0 Å². The van der Waals surface area contributed by atoms with Gasteiger partial charge in [-0.15, -0.1) is 11.3 Å². The van der Waals surface area contributed by atoms with E-state index in [0.717, 1.165) is 9.35 Å². The molecule has 1 aromatic carbocycles. The number of thiazole rings is 1. The molecular weight excluding hydrogens is 293 g/mol.